The van der Waals surface area contributed by atoms with Crippen LogP contribution in [-0.2, 0) is 11.3 Å². The molecule has 33 heavy (non-hydrogen) atoms. The average molecular weight is 460 g/mol. The Labute approximate surface area is 198 Å². The molecule has 0 saturated carbocycles. The zero-order valence-electron chi connectivity index (χ0n) is 18.6. The zero-order chi connectivity index (χ0) is 22.8. The highest BCUT2D eigenvalue weighted by molar-refractivity contribution is 6.30. The zero-order valence-corrected chi connectivity index (χ0v) is 19.3. The predicted molar refractivity (Wildman–Crippen MR) is 132 cm³/mol. The number of hydrogen-bond donors (Lipinski definition) is 0. The number of fused-ring (bicyclic) bond motifs is 1. The Morgan fingerprint density at radius 2 is 1.88 bits per heavy atom. The van der Waals surface area contributed by atoms with Crippen molar-refractivity contribution in [3.05, 3.63) is 89.2 Å². The number of aryl methyl sites for hydroxylation is 2. The molecule has 5 rings (SSSR count). The van der Waals surface area contributed by atoms with Gasteiger partial charge in [-0.15, -0.1) is 0 Å². The molecule has 1 saturated heterocycles. The molecule has 0 N–H and O–H groups in total. The fraction of sp³-hybridized carbons (Fsp3) is 0.259. The number of carbonyl (C=O) groups is 1. The van der Waals surface area contributed by atoms with Crippen molar-refractivity contribution >= 4 is 34.2 Å². The number of aromatic nitrogens is 2. The molecule has 1 amide bonds. The van der Waals surface area contributed by atoms with Crippen LogP contribution in [0.5, 0.6) is 5.75 Å². The van der Waals surface area contributed by atoms with Crippen LogP contribution in [-0.4, -0.2) is 28.6 Å². The summed E-state index contributed by atoms with van der Waals surface area (Å²) in [5, 5.41) is 0.629. The Kier molecular flexibility index (Phi) is 6.05. The van der Waals surface area contributed by atoms with Gasteiger partial charge in [0.15, 0.2) is 0 Å². The van der Waals surface area contributed by atoms with Crippen molar-refractivity contribution in [2.75, 3.05) is 18.1 Å². The minimum atomic E-state index is 0.0289. The van der Waals surface area contributed by atoms with E-state index in [2.05, 4.69) is 23.6 Å². The van der Waals surface area contributed by atoms with E-state index in [0.717, 1.165) is 46.8 Å². The summed E-state index contributed by atoms with van der Waals surface area (Å²) in [6.45, 7) is 4.06. The standard InChI is InChI=1S/C27H26ClN3O2/c1-19-8-2-5-13-25(19)33-15-7-14-30-24-12-4-3-11-23(24)29-27(30)20-16-26(32)31(18-20)22-10-6-9-21(28)17-22/h2-6,8-13,17,20H,7,14-16,18H2,1H3/t20-/m0/s1. The molecule has 1 atom stereocenters. The van der Waals surface area contributed by atoms with E-state index in [9.17, 15) is 4.79 Å². The molecule has 1 aromatic heterocycles. The fourth-order valence-electron chi connectivity index (χ4n) is 4.54. The van der Waals surface area contributed by atoms with E-state index in [1.807, 2.05) is 65.6 Å². The van der Waals surface area contributed by atoms with Gasteiger partial charge in [-0.3, -0.25) is 4.79 Å². The second-order valence-corrected chi connectivity index (χ2v) is 8.90. The van der Waals surface area contributed by atoms with Crippen molar-refractivity contribution in [2.45, 2.75) is 32.2 Å². The topological polar surface area (TPSA) is 47.4 Å². The maximum atomic E-state index is 12.9. The molecule has 168 valence electrons. The van der Waals surface area contributed by atoms with Gasteiger partial charge >= 0.3 is 0 Å². The largest absolute Gasteiger partial charge is 0.493 e. The number of anilines is 1. The number of nitrogens with zero attached hydrogens (tertiary/aromatic N) is 3. The van der Waals surface area contributed by atoms with E-state index >= 15 is 0 Å². The molecule has 0 aliphatic carbocycles. The van der Waals surface area contributed by atoms with Gasteiger partial charge in [-0.2, -0.15) is 0 Å². The number of ether oxygens (including phenoxy) is 1. The van der Waals surface area contributed by atoms with Gasteiger partial charge < -0.3 is 14.2 Å². The minimum absolute atomic E-state index is 0.0289. The number of benzene rings is 3. The maximum Gasteiger partial charge on any atom is 0.227 e. The quantitative estimate of drug-likeness (QED) is 0.319. The van der Waals surface area contributed by atoms with Crippen LogP contribution in [0.15, 0.2) is 72.8 Å². The maximum absolute atomic E-state index is 12.9. The number of hydrogen-bond acceptors (Lipinski definition) is 3. The van der Waals surface area contributed by atoms with E-state index in [1.165, 1.54) is 0 Å². The lowest BCUT2D eigenvalue weighted by atomic mass is 10.1. The first kappa shape index (κ1) is 21.5. The molecule has 0 bridgehead atoms. The van der Waals surface area contributed by atoms with Crippen molar-refractivity contribution in [2.24, 2.45) is 0 Å². The van der Waals surface area contributed by atoms with E-state index in [4.69, 9.17) is 21.3 Å². The lowest BCUT2D eigenvalue weighted by molar-refractivity contribution is -0.117. The van der Waals surface area contributed by atoms with Crippen LogP contribution in [0, 0.1) is 6.92 Å². The summed E-state index contributed by atoms with van der Waals surface area (Å²) in [7, 11) is 0. The monoisotopic (exact) mass is 459 g/mol. The van der Waals surface area contributed by atoms with Gasteiger partial charge in [-0.05, 0) is 55.3 Å². The highest BCUT2D eigenvalue weighted by Gasteiger charge is 2.34. The van der Waals surface area contributed by atoms with Gasteiger partial charge in [-0.25, -0.2) is 4.98 Å². The predicted octanol–water partition coefficient (Wildman–Crippen LogP) is 5.99. The highest BCUT2D eigenvalue weighted by Crippen LogP contribution is 2.34. The van der Waals surface area contributed by atoms with Crippen LogP contribution in [0.2, 0.25) is 5.02 Å². The van der Waals surface area contributed by atoms with Crippen LogP contribution < -0.4 is 9.64 Å². The molecular formula is C27H26ClN3O2. The lowest BCUT2D eigenvalue weighted by Gasteiger charge is -2.18. The number of amides is 1. The fourth-order valence-corrected chi connectivity index (χ4v) is 4.72. The van der Waals surface area contributed by atoms with E-state index in [0.29, 0.717) is 24.6 Å². The summed E-state index contributed by atoms with van der Waals surface area (Å²) in [5.74, 6) is 2.02. The van der Waals surface area contributed by atoms with Crippen LogP contribution in [0.25, 0.3) is 11.0 Å². The molecular weight excluding hydrogens is 434 g/mol. The van der Waals surface area contributed by atoms with Crippen molar-refractivity contribution in [3.63, 3.8) is 0 Å². The first-order valence-corrected chi connectivity index (χ1v) is 11.7. The van der Waals surface area contributed by atoms with Gasteiger partial charge in [-0.1, -0.05) is 48.0 Å². The third-order valence-corrected chi connectivity index (χ3v) is 6.41. The Hall–Kier alpha value is -3.31. The van der Waals surface area contributed by atoms with Gasteiger partial charge in [0.05, 0.1) is 17.6 Å². The summed E-state index contributed by atoms with van der Waals surface area (Å²) in [4.78, 5) is 19.6. The summed E-state index contributed by atoms with van der Waals surface area (Å²) < 4.78 is 8.27. The Morgan fingerprint density at radius 1 is 1.06 bits per heavy atom. The molecule has 0 unspecified atom stereocenters. The molecule has 1 aliphatic rings. The number of halogens is 1. The Balaban J connectivity index is 1.36. The van der Waals surface area contributed by atoms with Crippen molar-refractivity contribution in [1.29, 1.82) is 0 Å². The van der Waals surface area contributed by atoms with Gasteiger partial charge in [0, 0.05) is 36.1 Å². The van der Waals surface area contributed by atoms with Crippen LogP contribution >= 0.6 is 11.6 Å². The van der Waals surface area contributed by atoms with Gasteiger partial charge in [0.25, 0.3) is 0 Å². The molecule has 0 radical (unpaired) electrons. The first-order chi connectivity index (χ1) is 16.1. The SMILES string of the molecule is Cc1ccccc1OCCCn1c([C@H]2CC(=O)N(c3cccc(Cl)c3)C2)nc2ccccc21. The molecule has 1 fully saturated rings. The van der Waals surface area contributed by atoms with Crippen molar-refractivity contribution < 1.29 is 9.53 Å². The number of imidazole rings is 1. The Morgan fingerprint density at radius 3 is 2.73 bits per heavy atom. The smallest absolute Gasteiger partial charge is 0.227 e. The van der Waals surface area contributed by atoms with Crippen LogP contribution in [0.4, 0.5) is 5.69 Å². The van der Waals surface area contributed by atoms with Crippen LogP contribution in [0.3, 0.4) is 0 Å². The lowest BCUT2D eigenvalue weighted by Crippen LogP contribution is -2.24. The van der Waals surface area contributed by atoms with E-state index < -0.39 is 0 Å². The molecule has 5 nitrogen and oxygen atoms in total. The number of para-hydroxylation sites is 3. The summed E-state index contributed by atoms with van der Waals surface area (Å²) in [6, 6.07) is 23.7. The molecule has 0 spiro atoms. The average Bonchev–Trinajstić information content (AvgIpc) is 3.38. The normalized spacial score (nSPS) is 16.0. The molecule has 6 heteroatoms. The van der Waals surface area contributed by atoms with Crippen LogP contribution in [0.1, 0.15) is 30.1 Å². The molecule has 3 aromatic carbocycles. The highest BCUT2D eigenvalue weighted by atomic mass is 35.5. The molecule has 2 heterocycles. The summed E-state index contributed by atoms with van der Waals surface area (Å²) >= 11 is 6.16. The second-order valence-electron chi connectivity index (χ2n) is 8.46. The summed E-state index contributed by atoms with van der Waals surface area (Å²) in [6.07, 6.45) is 1.29. The number of rotatable bonds is 7. The van der Waals surface area contributed by atoms with E-state index in [-0.39, 0.29) is 11.8 Å². The second kappa shape index (κ2) is 9.28. The van der Waals surface area contributed by atoms with Gasteiger partial charge in [0.1, 0.15) is 11.6 Å². The van der Waals surface area contributed by atoms with Gasteiger partial charge in [0.2, 0.25) is 5.91 Å². The third-order valence-electron chi connectivity index (χ3n) is 6.17. The Bertz CT molecular complexity index is 1300. The van der Waals surface area contributed by atoms with Crippen molar-refractivity contribution in [3.8, 4) is 5.75 Å². The summed E-state index contributed by atoms with van der Waals surface area (Å²) in [5.41, 5.74) is 4.03. The molecule has 1 aliphatic heterocycles. The van der Waals surface area contributed by atoms with Crippen molar-refractivity contribution in [1.82, 2.24) is 9.55 Å². The first-order valence-electron chi connectivity index (χ1n) is 11.3. The molecule has 4 aromatic rings. The van der Waals surface area contributed by atoms with E-state index in [1.54, 1.807) is 0 Å². The third kappa shape index (κ3) is 4.46. The number of carbonyl (C=O) groups excluding carboxylic acids is 1. The minimum Gasteiger partial charge on any atom is -0.493 e.